The third-order valence-electron chi connectivity index (χ3n) is 9.17. The minimum absolute atomic E-state index is 0.124. The van der Waals surface area contributed by atoms with E-state index in [1.807, 2.05) is 42.7 Å². The molecule has 4 aliphatic rings. The van der Waals surface area contributed by atoms with E-state index in [0.717, 1.165) is 69.5 Å². The van der Waals surface area contributed by atoms with Gasteiger partial charge in [0.2, 0.25) is 17.7 Å². The number of fused-ring (bicyclic) bond motifs is 1. The molecule has 224 valence electrons. The van der Waals surface area contributed by atoms with Gasteiger partial charge in [-0.05, 0) is 76.2 Å². The van der Waals surface area contributed by atoms with Gasteiger partial charge in [-0.1, -0.05) is 51.3 Å². The largest absolute Gasteiger partial charge is 0.359 e. The minimum Gasteiger partial charge on any atom is -0.359 e. The quantitative estimate of drug-likeness (QED) is 0.264. The van der Waals surface area contributed by atoms with Crippen molar-refractivity contribution in [2.75, 3.05) is 37.8 Å². The maximum Gasteiger partial charge on any atom is 0.246 e. The topological polar surface area (TPSA) is 91.0 Å². The number of ether oxygens (including phenoxy) is 1. The maximum atomic E-state index is 14.2. The van der Waals surface area contributed by atoms with E-state index >= 15 is 0 Å². The summed E-state index contributed by atoms with van der Waals surface area (Å²) in [4.78, 5) is 47.1. The summed E-state index contributed by atoms with van der Waals surface area (Å²) in [5, 5.41) is 6.32. The van der Waals surface area contributed by atoms with Crippen molar-refractivity contribution in [1.29, 1.82) is 0 Å². The molecule has 3 amide bonds. The fourth-order valence-electron chi connectivity index (χ4n) is 7.39. The monoisotopic (exact) mass is 582 g/mol. The fraction of sp³-hybridized carbons (Fsp3) is 0.656. The Labute approximate surface area is 249 Å². The zero-order valence-corrected chi connectivity index (χ0v) is 25.6. The highest BCUT2D eigenvalue weighted by molar-refractivity contribution is 7.98. The van der Waals surface area contributed by atoms with Crippen molar-refractivity contribution in [2.45, 2.75) is 93.9 Å². The van der Waals surface area contributed by atoms with Gasteiger partial charge in [0, 0.05) is 23.2 Å². The zero-order valence-electron chi connectivity index (χ0n) is 24.8. The smallest absolute Gasteiger partial charge is 0.246 e. The Morgan fingerprint density at radius 2 is 1.85 bits per heavy atom. The van der Waals surface area contributed by atoms with Crippen LogP contribution in [0.4, 0.5) is 5.69 Å². The molecule has 1 aliphatic carbocycles. The number of amides is 3. The number of hydrogen-bond acceptors (Lipinski definition) is 6. The number of benzene rings is 1. The third-order valence-corrected chi connectivity index (χ3v) is 9.89. The van der Waals surface area contributed by atoms with Crippen molar-refractivity contribution in [3.05, 3.63) is 36.4 Å². The molecule has 5 rings (SSSR count). The summed E-state index contributed by atoms with van der Waals surface area (Å²) in [6.07, 6.45) is 13.5. The summed E-state index contributed by atoms with van der Waals surface area (Å²) in [5.74, 6) is -1.92. The van der Waals surface area contributed by atoms with Crippen LogP contribution in [0.1, 0.15) is 65.2 Å². The number of nitrogens with zero attached hydrogens (tertiary/aromatic N) is 2. The summed E-state index contributed by atoms with van der Waals surface area (Å²) >= 11 is 1.61. The van der Waals surface area contributed by atoms with Gasteiger partial charge in [0.15, 0.2) is 0 Å². The van der Waals surface area contributed by atoms with Gasteiger partial charge < -0.3 is 25.2 Å². The van der Waals surface area contributed by atoms with E-state index in [1.165, 1.54) is 6.42 Å². The molecule has 8 nitrogen and oxygen atoms in total. The van der Waals surface area contributed by atoms with Crippen molar-refractivity contribution in [3.63, 3.8) is 0 Å². The van der Waals surface area contributed by atoms with E-state index in [1.54, 1.807) is 16.7 Å². The molecule has 0 aromatic heterocycles. The molecule has 1 aromatic carbocycles. The van der Waals surface area contributed by atoms with Crippen molar-refractivity contribution in [2.24, 2.45) is 11.8 Å². The Bertz CT molecular complexity index is 1130. The molecule has 3 heterocycles. The van der Waals surface area contributed by atoms with Crippen molar-refractivity contribution in [1.82, 2.24) is 15.1 Å². The molecule has 1 saturated carbocycles. The first-order valence-electron chi connectivity index (χ1n) is 15.6. The van der Waals surface area contributed by atoms with Crippen LogP contribution >= 0.6 is 11.8 Å². The van der Waals surface area contributed by atoms with E-state index < -0.39 is 29.6 Å². The van der Waals surface area contributed by atoms with Gasteiger partial charge in [-0.2, -0.15) is 0 Å². The van der Waals surface area contributed by atoms with Crippen molar-refractivity contribution < 1.29 is 19.1 Å². The third kappa shape index (κ3) is 6.09. The number of likely N-dealkylation sites (tertiary alicyclic amines) is 1. The summed E-state index contributed by atoms with van der Waals surface area (Å²) < 4.78 is 6.52. The predicted molar refractivity (Wildman–Crippen MR) is 163 cm³/mol. The molecule has 3 aliphatic heterocycles. The first-order chi connectivity index (χ1) is 19.9. The highest BCUT2D eigenvalue weighted by atomic mass is 32.2. The van der Waals surface area contributed by atoms with Crippen LogP contribution in [0.15, 0.2) is 41.3 Å². The van der Waals surface area contributed by atoms with Crippen molar-refractivity contribution >= 4 is 35.2 Å². The lowest BCUT2D eigenvalue weighted by Gasteiger charge is -2.34. The summed E-state index contributed by atoms with van der Waals surface area (Å²) in [7, 11) is 0. The van der Waals surface area contributed by atoms with Crippen LogP contribution in [0.25, 0.3) is 0 Å². The molecular formula is C32H46N4O4S. The summed E-state index contributed by atoms with van der Waals surface area (Å²) in [6.45, 7) is 7.74. The zero-order chi connectivity index (χ0) is 29.0. The Morgan fingerprint density at radius 3 is 2.56 bits per heavy atom. The molecule has 0 unspecified atom stereocenters. The van der Waals surface area contributed by atoms with Crippen LogP contribution in [0, 0.1) is 11.8 Å². The molecule has 2 saturated heterocycles. The summed E-state index contributed by atoms with van der Waals surface area (Å²) in [6, 6.07) is 7.05. The van der Waals surface area contributed by atoms with Crippen LogP contribution in [0.5, 0.6) is 0 Å². The number of thioether (sulfide) groups is 1. The van der Waals surface area contributed by atoms with Gasteiger partial charge in [-0.3, -0.25) is 14.4 Å². The molecular weight excluding hydrogens is 536 g/mol. The number of carbonyl (C=O) groups excluding carboxylic acids is 3. The molecule has 1 aromatic rings. The van der Waals surface area contributed by atoms with Gasteiger partial charge >= 0.3 is 0 Å². The first-order valence-corrected chi connectivity index (χ1v) is 16.8. The normalized spacial score (nSPS) is 28.9. The summed E-state index contributed by atoms with van der Waals surface area (Å²) in [5.41, 5.74) is -0.417. The van der Waals surface area contributed by atoms with Gasteiger partial charge in [-0.25, -0.2) is 0 Å². The second kappa shape index (κ2) is 13.3. The number of anilines is 1. The standard InChI is InChI=1S/C32H46N4O4S/c1-4-17-35(18-5-2)19-10-20-36-28(30(38)33-22-11-7-6-8-12-22)32-16-15-25(40-32)26(27(32)31(36)39)29(37)34-23-13-9-14-24(21-23)41-3/h9,13-16,21-22,25-28H,4-8,10-12,17-20H2,1-3H3,(H,33,38)(H,34,37)/t25-,26+,27-,28-,32-/m0/s1. The number of carbonyl (C=O) groups is 3. The van der Waals surface area contributed by atoms with E-state index in [2.05, 4.69) is 29.4 Å². The second-order valence-electron chi connectivity index (χ2n) is 12.0. The van der Waals surface area contributed by atoms with Crippen LogP contribution in [-0.4, -0.2) is 83.7 Å². The lowest BCUT2D eigenvalue weighted by atomic mass is 9.74. The fourth-order valence-corrected chi connectivity index (χ4v) is 7.85. The number of rotatable bonds is 13. The van der Waals surface area contributed by atoms with E-state index in [9.17, 15) is 14.4 Å². The van der Waals surface area contributed by atoms with Crippen LogP contribution in [0.2, 0.25) is 0 Å². The average molecular weight is 583 g/mol. The lowest BCUT2D eigenvalue weighted by molar-refractivity contribution is -0.141. The van der Waals surface area contributed by atoms with E-state index in [0.29, 0.717) is 12.2 Å². The molecule has 1 spiro atoms. The van der Waals surface area contributed by atoms with Crippen LogP contribution < -0.4 is 10.6 Å². The molecule has 5 atom stereocenters. The molecule has 3 fully saturated rings. The minimum atomic E-state index is -1.11. The highest BCUT2D eigenvalue weighted by Gasteiger charge is 2.72. The maximum absolute atomic E-state index is 14.2. The Kier molecular flexibility index (Phi) is 9.77. The van der Waals surface area contributed by atoms with Gasteiger partial charge in [-0.15, -0.1) is 11.8 Å². The van der Waals surface area contributed by atoms with Gasteiger partial charge in [0.05, 0.1) is 17.9 Å². The van der Waals surface area contributed by atoms with Gasteiger partial charge in [0.1, 0.15) is 11.6 Å². The average Bonchev–Trinajstić information content (AvgIpc) is 3.61. The number of nitrogens with one attached hydrogen (secondary N) is 2. The predicted octanol–water partition coefficient (Wildman–Crippen LogP) is 4.46. The van der Waals surface area contributed by atoms with E-state index in [4.69, 9.17) is 4.74 Å². The molecule has 2 bridgehead atoms. The van der Waals surface area contributed by atoms with E-state index in [-0.39, 0.29) is 23.8 Å². The Morgan fingerprint density at radius 1 is 1.10 bits per heavy atom. The Hall–Kier alpha value is -2.36. The lowest BCUT2D eigenvalue weighted by Crippen LogP contribution is -2.56. The second-order valence-corrected chi connectivity index (χ2v) is 12.9. The molecule has 9 heteroatoms. The first kappa shape index (κ1) is 30.1. The highest BCUT2D eigenvalue weighted by Crippen LogP contribution is 2.55. The SMILES string of the molecule is CCCN(CCC)CCCN1C(=O)[C@@H]2[C@H](C(=O)Nc3cccc(SC)c3)[C@@H]3C=C[C@@]2(O3)[C@@H]1C(=O)NC1CCCCC1. The van der Waals surface area contributed by atoms with Crippen molar-refractivity contribution in [3.8, 4) is 0 Å². The molecule has 0 radical (unpaired) electrons. The van der Waals surface area contributed by atoms with Crippen LogP contribution in [-0.2, 0) is 19.1 Å². The molecule has 2 N–H and O–H groups in total. The van der Waals surface area contributed by atoms with Crippen LogP contribution in [0.3, 0.4) is 0 Å². The number of hydrogen-bond donors (Lipinski definition) is 2. The van der Waals surface area contributed by atoms with Gasteiger partial charge in [0.25, 0.3) is 0 Å². The molecule has 41 heavy (non-hydrogen) atoms. The Balaban J connectivity index is 1.38.